The molecule has 0 saturated carbocycles. The number of ether oxygens (including phenoxy) is 2. The standard InChI is InChI=1S/C18H28N4O3/c1-22(2)17(23)13-21-18(20-12-15-8-6-10-25-15)19-11-14-7-4-5-9-16(14)24-3/h4-5,7,9,15H,6,8,10-13H2,1-3H3,(H2,19,20,21). The van der Waals surface area contributed by atoms with E-state index in [1.807, 2.05) is 24.3 Å². The highest BCUT2D eigenvalue weighted by Gasteiger charge is 2.16. The van der Waals surface area contributed by atoms with E-state index in [9.17, 15) is 4.79 Å². The Morgan fingerprint density at radius 3 is 2.84 bits per heavy atom. The van der Waals surface area contributed by atoms with Crippen LogP contribution in [0.25, 0.3) is 0 Å². The first kappa shape index (κ1) is 19.1. The van der Waals surface area contributed by atoms with Gasteiger partial charge in [0.1, 0.15) is 5.75 Å². The molecule has 1 aliphatic rings. The molecule has 1 fully saturated rings. The molecule has 25 heavy (non-hydrogen) atoms. The number of carbonyl (C=O) groups is 1. The van der Waals surface area contributed by atoms with Crippen molar-refractivity contribution in [3.63, 3.8) is 0 Å². The number of guanidine groups is 1. The maximum absolute atomic E-state index is 11.8. The van der Waals surface area contributed by atoms with Crippen LogP contribution in [-0.4, -0.2) is 63.8 Å². The molecule has 2 rings (SSSR count). The molecule has 1 aliphatic heterocycles. The minimum Gasteiger partial charge on any atom is -0.496 e. The Labute approximate surface area is 149 Å². The molecule has 1 aromatic carbocycles. The number of likely N-dealkylation sites (N-methyl/N-ethyl adjacent to an activating group) is 1. The predicted octanol–water partition coefficient (Wildman–Crippen LogP) is 0.998. The van der Waals surface area contributed by atoms with Crippen molar-refractivity contribution < 1.29 is 14.3 Å². The molecule has 1 amide bonds. The zero-order valence-corrected chi connectivity index (χ0v) is 15.2. The molecule has 1 atom stereocenters. The van der Waals surface area contributed by atoms with Crippen LogP contribution in [0, 0.1) is 0 Å². The summed E-state index contributed by atoms with van der Waals surface area (Å²) in [6, 6.07) is 7.77. The Hall–Kier alpha value is -2.28. The number of hydrogen-bond acceptors (Lipinski definition) is 4. The maximum atomic E-state index is 11.8. The molecular weight excluding hydrogens is 320 g/mol. The van der Waals surface area contributed by atoms with Crippen LogP contribution < -0.4 is 15.4 Å². The van der Waals surface area contributed by atoms with E-state index in [0.29, 0.717) is 19.0 Å². The fraction of sp³-hybridized carbons (Fsp3) is 0.556. The molecule has 138 valence electrons. The number of nitrogens with zero attached hydrogens (tertiary/aromatic N) is 2. The van der Waals surface area contributed by atoms with Gasteiger partial charge in [-0.25, -0.2) is 4.99 Å². The molecule has 0 aliphatic carbocycles. The molecule has 1 aromatic rings. The van der Waals surface area contributed by atoms with Gasteiger partial charge in [-0.2, -0.15) is 0 Å². The molecule has 1 heterocycles. The Bertz CT molecular complexity index is 583. The summed E-state index contributed by atoms with van der Waals surface area (Å²) in [5.41, 5.74) is 0.988. The number of carbonyl (C=O) groups excluding carboxylic acids is 1. The van der Waals surface area contributed by atoms with Gasteiger partial charge in [-0.15, -0.1) is 0 Å². The number of aliphatic imine (C=N–C) groups is 1. The molecule has 2 N–H and O–H groups in total. The number of hydrogen-bond donors (Lipinski definition) is 2. The van der Waals surface area contributed by atoms with Crippen molar-refractivity contribution in [3.8, 4) is 5.75 Å². The molecule has 7 nitrogen and oxygen atoms in total. The molecule has 0 spiro atoms. The van der Waals surface area contributed by atoms with Crippen LogP contribution in [0.5, 0.6) is 5.75 Å². The lowest BCUT2D eigenvalue weighted by Gasteiger charge is -2.17. The number of methoxy groups -OCH3 is 1. The van der Waals surface area contributed by atoms with Gasteiger partial charge in [0.15, 0.2) is 5.96 Å². The van der Waals surface area contributed by atoms with E-state index in [4.69, 9.17) is 9.47 Å². The van der Waals surface area contributed by atoms with Gasteiger partial charge in [-0.3, -0.25) is 4.79 Å². The van der Waals surface area contributed by atoms with Crippen molar-refractivity contribution >= 4 is 11.9 Å². The van der Waals surface area contributed by atoms with Crippen molar-refractivity contribution in [3.05, 3.63) is 29.8 Å². The number of nitrogens with one attached hydrogen (secondary N) is 2. The zero-order chi connectivity index (χ0) is 18.1. The molecule has 1 saturated heterocycles. The first-order chi connectivity index (χ1) is 12.1. The average Bonchev–Trinajstić information content (AvgIpc) is 3.14. The Morgan fingerprint density at radius 2 is 2.16 bits per heavy atom. The van der Waals surface area contributed by atoms with Crippen LogP contribution in [0.1, 0.15) is 18.4 Å². The summed E-state index contributed by atoms with van der Waals surface area (Å²) in [6.45, 7) is 2.14. The van der Waals surface area contributed by atoms with E-state index in [-0.39, 0.29) is 18.6 Å². The Balaban J connectivity index is 1.99. The van der Waals surface area contributed by atoms with Crippen molar-refractivity contribution in [2.24, 2.45) is 4.99 Å². The Morgan fingerprint density at radius 1 is 1.36 bits per heavy atom. The minimum atomic E-state index is -0.0103. The Kier molecular flexibility index (Phi) is 7.53. The van der Waals surface area contributed by atoms with E-state index in [1.165, 1.54) is 0 Å². The second-order valence-corrected chi connectivity index (χ2v) is 6.13. The van der Waals surface area contributed by atoms with E-state index in [0.717, 1.165) is 30.8 Å². The first-order valence-electron chi connectivity index (χ1n) is 8.56. The van der Waals surface area contributed by atoms with E-state index >= 15 is 0 Å². The van der Waals surface area contributed by atoms with Crippen LogP contribution in [0.2, 0.25) is 0 Å². The highest BCUT2D eigenvalue weighted by atomic mass is 16.5. The lowest BCUT2D eigenvalue weighted by molar-refractivity contribution is -0.127. The number of amides is 1. The van der Waals surface area contributed by atoms with Crippen LogP contribution >= 0.6 is 0 Å². The summed E-state index contributed by atoms with van der Waals surface area (Å²) >= 11 is 0. The SMILES string of the molecule is COc1ccccc1CN=C(NCC(=O)N(C)C)NCC1CCCO1. The monoisotopic (exact) mass is 348 g/mol. The smallest absolute Gasteiger partial charge is 0.241 e. The maximum Gasteiger partial charge on any atom is 0.241 e. The molecule has 0 aromatic heterocycles. The van der Waals surface area contributed by atoms with Gasteiger partial charge in [0.2, 0.25) is 5.91 Å². The number of benzene rings is 1. The van der Waals surface area contributed by atoms with Crippen molar-refractivity contribution in [1.82, 2.24) is 15.5 Å². The van der Waals surface area contributed by atoms with Gasteiger partial charge in [-0.05, 0) is 18.9 Å². The topological polar surface area (TPSA) is 75.2 Å². The zero-order valence-electron chi connectivity index (χ0n) is 15.2. The second kappa shape index (κ2) is 9.88. The van der Waals surface area contributed by atoms with E-state index < -0.39 is 0 Å². The average molecular weight is 348 g/mol. The summed E-state index contributed by atoms with van der Waals surface area (Å²) < 4.78 is 11.0. The quantitative estimate of drug-likeness (QED) is 0.568. The largest absolute Gasteiger partial charge is 0.496 e. The van der Waals surface area contributed by atoms with Crippen LogP contribution in [0.15, 0.2) is 29.3 Å². The number of rotatable bonds is 7. The fourth-order valence-electron chi connectivity index (χ4n) is 2.51. The summed E-state index contributed by atoms with van der Waals surface area (Å²) in [5, 5.41) is 6.35. The van der Waals surface area contributed by atoms with Crippen LogP contribution in [-0.2, 0) is 16.1 Å². The van der Waals surface area contributed by atoms with Gasteiger partial charge in [0, 0.05) is 32.8 Å². The van der Waals surface area contributed by atoms with Crippen molar-refractivity contribution in [1.29, 1.82) is 0 Å². The van der Waals surface area contributed by atoms with Gasteiger partial charge < -0.3 is 25.0 Å². The third kappa shape index (κ3) is 6.26. The van der Waals surface area contributed by atoms with Gasteiger partial charge in [0.05, 0.1) is 26.3 Å². The number of para-hydroxylation sites is 1. The van der Waals surface area contributed by atoms with Crippen molar-refractivity contribution in [2.45, 2.75) is 25.5 Å². The fourth-order valence-corrected chi connectivity index (χ4v) is 2.51. The summed E-state index contributed by atoms with van der Waals surface area (Å²) in [6.07, 6.45) is 2.33. The third-order valence-corrected chi connectivity index (χ3v) is 4.03. The first-order valence-corrected chi connectivity index (χ1v) is 8.56. The lowest BCUT2D eigenvalue weighted by atomic mass is 10.2. The third-order valence-electron chi connectivity index (χ3n) is 4.03. The minimum absolute atomic E-state index is 0.0103. The van der Waals surface area contributed by atoms with E-state index in [1.54, 1.807) is 26.1 Å². The highest BCUT2D eigenvalue weighted by molar-refractivity contribution is 5.86. The van der Waals surface area contributed by atoms with Crippen molar-refractivity contribution in [2.75, 3.05) is 40.9 Å². The van der Waals surface area contributed by atoms with Crippen LogP contribution in [0.4, 0.5) is 0 Å². The molecule has 0 bridgehead atoms. The predicted molar refractivity (Wildman–Crippen MR) is 97.8 cm³/mol. The molecule has 7 heteroatoms. The summed E-state index contributed by atoms with van der Waals surface area (Å²) in [5.74, 6) is 1.38. The second-order valence-electron chi connectivity index (χ2n) is 6.13. The van der Waals surface area contributed by atoms with Gasteiger partial charge in [0.25, 0.3) is 0 Å². The summed E-state index contributed by atoms with van der Waals surface area (Å²) in [7, 11) is 5.11. The lowest BCUT2D eigenvalue weighted by Crippen LogP contribution is -2.45. The van der Waals surface area contributed by atoms with Gasteiger partial charge >= 0.3 is 0 Å². The van der Waals surface area contributed by atoms with Gasteiger partial charge in [-0.1, -0.05) is 18.2 Å². The van der Waals surface area contributed by atoms with Crippen LogP contribution in [0.3, 0.4) is 0 Å². The normalized spacial score (nSPS) is 17.2. The molecule has 0 radical (unpaired) electrons. The van der Waals surface area contributed by atoms with E-state index in [2.05, 4.69) is 15.6 Å². The molecule has 1 unspecified atom stereocenters. The highest BCUT2D eigenvalue weighted by Crippen LogP contribution is 2.18. The summed E-state index contributed by atoms with van der Waals surface area (Å²) in [4.78, 5) is 17.9. The molecular formula is C18H28N4O3.